The molecule has 0 unspecified atom stereocenters. The highest BCUT2D eigenvalue weighted by Gasteiger charge is 2.15. The van der Waals surface area contributed by atoms with E-state index in [1.807, 2.05) is 0 Å². The van der Waals surface area contributed by atoms with E-state index in [1.54, 1.807) is 11.8 Å². The fourth-order valence-corrected chi connectivity index (χ4v) is 3.82. The molecule has 0 amide bonds. The van der Waals surface area contributed by atoms with Gasteiger partial charge in [0.15, 0.2) is 0 Å². The van der Waals surface area contributed by atoms with Gasteiger partial charge in [0.1, 0.15) is 0 Å². The second-order valence-electron chi connectivity index (χ2n) is 6.31. The smallest absolute Gasteiger partial charge is 0.0485 e. The van der Waals surface area contributed by atoms with E-state index >= 15 is 0 Å². The molecule has 2 aromatic rings. The van der Waals surface area contributed by atoms with Gasteiger partial charge in [0.05, 0.1) is 0 Å². The SMILES string of the molecule is C=C(C=C1C=CN(CCCC)c2ccccc21)Sc1ccccc1C. The number of allylic oxidation sites excluding steroid dienone is 3. The Bertz CT molecular complexity index is 816. The molecule has 128 valence electrons. The second-order valence-corrected chi connectivity index (χ2v) is 7.48. The molecule has 2 aromatic carbocycles. The zero-order chi connectivity index (χ0) is 17.6. The average molecular weight is 348 g/mol. The first-order valence-electron chi connectivity index (χ1n) is 8.87. The minimum atomic E-state index is 1.06. The normalized spacial score (nSPS) is 14.6. The molecule has 1 heterocycles. The molecule has 1 aliphatic rings. The van der Waals surface area contributed by atoms with Crippen LogP contribution in [0.15, 0.2) is 83.3 Å². The van der Waals surface area contributed by atoms with E-state index < -0.39 is 0 Å². The highest BCUT2D eigenvalue weighted by atomic mass is 32.2. The molecule has 0 spiro atoms. The van der Waals surface area contributed by atoms with Gasteiger partial charge in [-0.1, -0.05) is 68.1 Å². The van der Waals surface area contributed by atoms with Gasteiger partial charge in [-0.2, -0.15) is 0 Å². The summed E-state index contributed by atoms with van der Waals surface area (Å²) in [6, 6.07) is 17.1. The maximum Gasteiger partial charge on any atom is 0.0485 e. The molecular weight excluding hydrogens is 322 g/mol. The lowest BCUT2D eigenvalue weighted by atomic mass is 9.99. The number of aryl methyl sites for hydroxylation is 1. The van der Waals surface area contributed by atoms with Gasteiger partial charge < -0.3 is 4.90 Å². The number of rotatable bonds is 6. The Kier molecular flexibility index (Phi) is 5.83. The second kappa shape index (κ2) is 8.26. The van der Waals surface area contributed by atoms with E-state index in [1.165, 1.54) is 40.1 Å². The van der Waals surface area contributed by atoms with Gasteiger partial charge in [0.2, 0.25) is 0 Å². The van der Waals surface area contributed by atoms with Crippen molar-refractivity contribution in [1.82, 2.24) is 0 Å². The maximum absolute atomic E-state index is 4.27. The monoisotopic (exact) mass is 347 g/mol. The van der Waals surface area contributed by atoms with E-state index in [9.17, 15) is 0 Å². The van der Waals surface area contributed by atoms with Crippen LogP contribution in [-0.4, -0.2) is 6.54 Å². The molecule has 0 saturated heterocycles. The van der Waals surface area contributed by atoms with Crippen LogP contribution < -0.4 is 4.90 Å². The summed E-state index contributed by atoms with van der Waals surface area (Å²) >= 11 is 1.73. The van der Waals surface area contributed by atoms with Crippen LogP contribution in [0.3, 0.4) is 0 Å². The number of fused-ring (bicyclic) bond motifs is 1. The molecule has 0 radical (unpaired) electrons. The summed E-state index contributed by atoms with van der Waals surface area (Å²) in [6.07, 6.45) is 9.02. The summed E-state index contributed by atoms with van der Waals surface area (Å²) in [6.45, 7) is 9.71. The lowest BCUT2D eigenvalue weighted by Gasteiger charge is -2.27. The predicted molar refractivity (Wildman–Crippen MR) is 112 cm³/mol. The largest absolute Gasteiger partial charge is 0.347 e. The summed E-state index contributed by atoms with van der Waals surface area (Å²) in [5.41, 5.74) is 5.10. The van der Waals surface area contributed by atoms with Gasteiger partial charge in [0, 0.05) is 33.8 Å². The zero-order valence-electron chi connectivity index (χ0n) is 15.0. The Morgan fingerprint density at radius 2 is 1.88 bits per heavy atom. The standard InChI is InChI=1S/C23H25NS/c1-4-5-15-24-16-14-20(21-11-7-8-12-22(21)24)17-19(3)25-23-13-9-6-10-18(23)2/h6-14,16-17H,3-5,15H2,1-2H3. The van der Waals surface area contributed by atoms with E-state index in [-0.39, 0.29) is 0 Å². The van der Waals surface area contributed by atoms with Crippen molar-refractivity contribution in [3.63, 3.8) is 0 Å². The number of unbranched alkanes of at least 4 members (excludes halogenated alkanes) is 1. The van der Waals surface area contributed by atoms with Crippen molar-refractivity contribution >= 4 is 23.0 Å². The summed E-state index contributed by atoms with van der Waals surface area (Å²) in [7, 11) is 0. The van der Waals surface area contributed by atoms with Crippen LogP contribution in [0.1, 0.15) is 30.9 Å². The van der Waals surface area contributed by atoms with E-state index in [0.29, 0.717) is 0 Å². The number of hydrogen-bond acceptors (Lipinski definition) is 2. The van der Waals surface area contributed by atoms with Crippen LogP contribution >= 0.6 is 11.8 Å². The summed E-state index contributed by atoms with van der Waals surface area (Å²) in [4.78, 5) is 4.68. The molecule has 0 N–H and O–H groups in total. The van der Waals surface area contributed by atoms with Gasteiger partial charge >= 0.3 is 0 Å². The Morgan fingerprint density at radius 1 is 1.12 bits per heavy atom. The molecule has 2 heteroatoms. The molecule has 1 nitrogen and oxygen atoms in total. The van der Waals surface area contributed by atoms with E-state index in [2.05, 4.69) is 92.2 Å². The third kappa shape index (κ3) is 4.26. The van der Waals surface area contributed by atoms with E-state index in [4.69, 9.17) is 0 Å². The highest BCUT2D eigenvalue weighted by molar-refractivity contribution is 8.03. The number of thioether (sulfide) groups is 1. The van der Waals surface area contributed by atoms with Gasteiger partial charge in [-0.3, -0.25) is 0 Å². The number of para-hydroxylation sites is 1. The minimum absolute atomic E-state index is 1.06. The molecule has 0 fully saturated rings. The topological polar surface area (TPSA) is 3.24 Å². The summed E-state index contributed by atoms with van der Waals surface area (Å²) in [5.74, 6) is 0. The first-order valence-corrected chi connectivity index (χ1v) is 9.69. The van der Waals surface area contributed by atoms with Crippen molar-refractivity contribution in [3.05, 3.63) is 89.5 Å². The molecule has 0 saturated carbocycles. The average Bonchev–Trinajstić information content (AvgIpc) is 2.63. The Balaban J connectivity index is 1.84. The third-order valence-corrected chi connectivity index (χ3v) is 5.42. The Morgan fingerprint density at radius 3 is 2.68 bits per heavy atom. The van der Waals surface area contributed by atoms with Crippen molar-refractivity contribution in [2.24, 2.45) is 0 Å². The number of anilines is 1. The quantitative estimate of drug-likeness (QED) is 0.528. The lowest BCUT2D eigenvalue weighted by Crippen LogP contribution is -2.20. The Hall–Kier alpha value is -2.19. The molecule has 0 aromatic heterocycles. The van der Waals surface area contributed by atoms with Gasteiger partial charge in [0.25, 0.3) is 0 Å². The molecule has 0 atom stereocenters. The van der Waals surface area contributed by atoms with Crippen LogP contribution in [0, 0.1) is 6.92 Å². The van der Waals surface area contributed by atoms with Crippen molar-refractivity contribution < 1.29 is 0 Å². The zero-order valence-corrected chi connectivity index (χ0v) is 15.9. The van der Waals surface area contributed by atoms with Crippen molar-refractivity contribution in [2.75, 3.05) is 11.4 Å². The maximum atomic E-state index is 4.27. The first kappa shape index (κ1) is 17.6. The minimum Gasteiger partial charge on any atom is -0.347 e. The Labute approximate surface area is 155 Å². The molecule has 0 bridgehead atoms. The van der Waals surface area contributed by atoms with Crippen LogP contribution in [0.25, 0.3) is 5.57 Å². The number of hydrogen-bond donors (Lipinski definition) is 0. The summed E-state index contributed by atoms with van der Waals surface area (Å²) in [5, 5.41) is 0. The highest BCUT2D eigenvalue weighted by Crippen LogP contribution is 2.36. The fourth-order valence-electron chi connectivity index (χ4n) is 2.97. The van der Waals surface area contributed by atoms with Crippen molar-refractivity contribution in [3.8, 4) is 0 Å². The number of benzene rings is 2. The van der Waals surface area contributed by atoms with E-state index in [0.717, 1.165) is 11.4 Å². The van der Waals surface area contributed by atoms with Crippen LogP contribution in [-0.2, 0) is 0 Å². The first-order chi connectivity index (χ1) is 12.2. The molecule has 25 heavy (non-hydrogen) atoms. The van der Waals surface area contributed by atoms with Crippen molar-refractivity contribution in [1.29, 1.82) is 0 Å². The fraction of sp³-hybridized carbons (Fsp3) is 0.217. The van der Waals surface area contributed by atoms with Gasteiger partial charge in [-0.25, -0.2) is 0 Å². The van der Waals surface area contributed by atoms with Gasteiger partial charge in [-0.15, -0.1) is 0 Å². The molecule has 1 aliphatic heterocycles. The van der Waals surface area contributed by atoms with Gasteiger partial charge in [-0.05, 0) is 48.8 Å². The summed E-state index contributed by atoms with van der Waals surface area (Å²) < 4.78 is 0. The predicted octanol–water partition coefficient (Wildman–Crippen LogP) is 6.82. The third-order valence-electron chi connectivity index (χ3n) is 4.36. The van der Waals surface area contributed by atoms with Crippen LogP contribution in [0.4, 0.5) is 5.69 Å². The van der Waals surface area contributed by atoms with Crippen molar-refractivity contribution in [2.45, 2.75) is 31.6 Å². The van der Waals surface area contributed by atoms with Crippen LogP contribution in [0.5, 0.6) is 0 Å². The number of nitrogens with zero attached hydrogens (tertiary/aromatic N) is 1. The van der Waals surface area contributed by atoms with Crippen LogP contribution in [0.2, 0.25) is 0 Å². The molecule has 0 aliphatic carbocycles. The molecular formula is C23H25NS. The molecule has 3 rings (SSSR count). The lowest BCUT2D eigenvalue weighted by molar-refractivity contribution is 0.781.